The third-order valence-corrected chi connectivity index (χ3v) is 11.5. The van der Waals surface area contributed by atoms with Crippen molar-refractivity contribution in [3.63, 3.8) is 0 Å². The van der Waals surface area contributed by atoms with Crippen LogP contribution in [0.25, 0.3) is 0 Å². The molecule has 232 valence electrons. The third kappa shape index (κ3) is 4.85. The lowest BCUT2D eigenvalue weighted by molar-refractivity contribution is -0.139. The van der Waals surface area contributed by atoms with Crippen molar-refractivity contribution in [2.24, 2.45) is 11.8 Å². The molecule has 0 aromatic heterocycles. The number of carbonyl (C=O) groups is 3. The molecule has 2 aromatic carbocycles. The van der Waals surface area contributed by atoms with Crippen LogP contribution < -0.4 is 14.7 Å². The van der Waals surface area contributed by atoms with Crippen LogP contribution in [0.2, 0.25) is 0 Å². The molecule has 1 spiro atoms. The number of rotatable bonds is 9. The number of fused-ring (bicyclic) bond motifs is 2. The lowest BCUT2D eigenvalue weighted by atomic mass is 9.74. The summed E-state index contributed by atoms with van der Waals surface area (Å²) in [7, 11) is 0. The van der Waals surface area contributed by atoms with Crippen molar-refractivity contribution in [3.05, 3.63) is 78.9 Å². The minimum Gasteiger partial charge on any atom is -0.396 e. The molecule has 9 heteroatoms. The fourth-order valence-corrected chi connectivity index (χ4v) is 9.82. The minimum absolute atomic E-state index is 0.0187. The van der Waals surface area contributed by atoms with Gasteiger partial charge >= 0.3 is 0 Å². The van der Waals surface area contributed by atoms with Gasteiger partial charge in [-0.25, -0.2) is 0 Å². The Balaban J connectivity index is 1.41. The van der Waals surface area contributed by atoms with E-state index in [-0.39, 0.29) is 24.3 Å². The first-order chi connectivity index (χ1) is 21.3. The zero-order chi connectivity index (χ0) is 31.1. The molecule has 0 aliphatic carbocycles. The summed E-state index contributed by atoms with van der Waals surface area (Å²) >= 11 is 1.60. The second kappa shape index (κ2) is 12.1. The number of aliphatic hydroxyl groups is 1. The fraction of sp³-hybridized carbons (Fsp3) is 0.457. The summed E-state index contributed by atoms with van der Waals surface area (Å²) in [6, 6.07) is 16.9. The van der Waals surface area contributed by atoms with Gasteiger partial charge in [0.05, 0.1) is 16.6 Å². The van der Waals surface area contributed by atoms with E-state index in [9.17, 15) is 19.5 Å². The molecule has 1 unspecified atom stereocenters. The van der Waals surface area contributed by atoms with Crippen molar-refractivity contribution in [3.8, 4) is 0 Å². The van der Waals surface area contributed by atoms with Gasteiger partial charge in [-0.15, -0.1) is 11.8 Å². The Morgan fingerprint density at radius 1 is 0.818 bits per heavy atom. The molecule has 0 radical (unpaired) electrons. The minimum atomic E-state index is -0.900. The van der Waals surface area contributed by atoms with Crippen LogP contribution in [0.4, 0.5) is 17.1 Å². The van der Waals surface area contributed by atoms with Gasteiger partial charge in [0.15, 0.2) is 0 Å². The third-order valence-electron chi connectivity index (χ3n) is 9.72. The van der Waals surface area contributed by atoms with Gasteiger partial charge in [-0.05, 0) is 70.0 Å². The molecule has 4 aliphatic rings. The maximum atomic E-state index is 14.7. The standard InChI is InChI=1S/C35H42N4O4S/c1-4-36(5-2)25-15-17-27(18-16-25)38-23-12-20-35-29(32(42)39(21-9-10-24-40)30(35)33(38)43)28-31(41)37(26-13-7-6-8-14-26)22-11-19-34(28,3)44-35/h6-8,11-20,28-30,40H,4-5,9-10,21-24H2,1-3H3/t28-,29+,30?,34+,35+/m1/s1. The van der Waals surface area contributed by atoms with Crippen molar-refractivity contribution in [1.29, 1.82) is 0 Å². The van der Waals surface area contributed by atoms with Crippen LogP contribution in [-0.4, -0.2) is 82.6 Å². The van der Waals surface area contributed by atoms with Gasteiger partial charge in [-0.3, -0.25) is 14.4 Å². The van der Waals surface area contributed by atoms with Crippen LogP contribution in [-0.2, 0) is 14.4 Å². The van der Waals surface area contributed by atoms with Gasteiger partial charge in [-0.2, -0.15) is 0 Å². The molecule has 2 fully saturated rings. The molecule has 4 heterocycles. The van der Waals surface area contributed by atoms with Gasteiger partial charge in [0.25, 0.3) is 5.91 Å². The number of anilines is 3. The SMILES string of the molecule is CCN(CC)c1ccc(N2CC=C[C@]34S[C@@]5(C)C=CCN(c6ccccc6)C(=O)[C@H]5[C@H]3C(=O)N(CCCCO)C4C2=O)cc1. The Kier molecular flexibility index (Phi) is 8.37. The van der Waals surface area contributed by atoms with Crippen LogP contribution in [0, 0.1) is 11.8 Å². The van der Waals surface area contributed by atoms with Crippen molar-refractivity contribution < 1.29 is 19.5 Å². The quantitative estimate of drug-likeness (QED) is 0.331. The number of thioether (sulfide) groups is 1. The molecule has 8 nitrogen and oxygen atoms in total. The maximum absolute atomic E-state index is 14.7. The summed E-state index contributed by atoms with van der Waals surface area (Å²) in [5.74, 6) is -1.70. The molecule has 2 aromatic rings. The molecular weight excluding hydrogens is 572 g/mol. The molecule has 1 N–H and O–H groups in total. The van der Waals surface area contributed by atoms with Crippen LogP contribution in [0.5, 0.6) is 0 Å². The molecule has 44 heavy (non-hydrogen) atoms. The lowest BCUT2D eigenvalue weighted by Crippen LogP contribution is -2.53. The molecule has 3 amide bonds. The molecule has 6 rings (SSSR count). The molecule has 0 saturated carbocycles. The number of amides is 3. The molecule has 0 bridgehead atoms. The molecule has 4 aliphatic heterocycles. The van der Waals surface area contributed by atoms with Crippen LogP contribution in [0.1, 0.15) is 33.6 Å². The first-order valence-corrected chi connectivity index (χ1v) is 16.6. The summed E-state index contributed by atoms with van der Waals surface area (Å²) in [4.78, 5) is 51.3. The zero-order valence-corrected chi connectivity index (χ0v) is 26.6. The topological polar surface area (TPSA) is 84.4 Å². The normalized spacial score (nSPS) is 29.4. The number of aliphatic hydroxyl groups excluding tert-OH is 1. The molecule has 2 saturated heterocycles. The number of unbranched alkanes of at least 4 members (excludes halogenated alkanes) is 1. The number of para-hydroxylation sites is 1. The van der Waals surface area contributed by atoms with Gasteiger partial charge in [0.2, 0.25) is 11.8 Å². The lowest BCUT2D eigenvalue weighted by Gasteiger charge is -2.37. The predicted octanol–water partition coefficient (Wildman–Crippen LogP) is 4.50. The van der Waals surface area contributed by atoms with E-state index < -0.39 is 27.4 Å². The Labute approximate surface area is 264 Å². The van der Waals surface area contributed by atoms with Gasteiger partial charge < -0.3 is 24.7 Å². The fourth-order valence-electron chi connectivity index (χ4n) is 7.66. The first-order valence-electron chi connectivity index (χ1n) is 15.8. The van der Waals surface area contributed by atoms with Crippen molar-refractivity contribution >= 4 is 46.5 Å². The maximum Gasteiger partial charge on any atom is 0.251 e. The highest BCUT2D eigenvalue weighted by Gasteiger charge is 2.73. The molecular formula is C35H42N4O4S. The van der Waals surface area contributed by atoms with E-state index in [1.807, 2.05) is 73.7 Å². The largest absolute Gasteiger partial charge is 0.396 e. The monoisotopic (exact) mass is 614 g/mol. The molecule has 5 atom stereocenters. The highest BCUT2D eigenvalue weighted by molar-refractivity contribution is 8.02. The Morgan fingerprint density at radius 2 is 1.45 bits per heavy atom. The second-order valence-electron chi connectivity index (χ2n) is 12.2. The van der Waals surface area contributed by atoms with Gasteiger partial charge in [-0.1, -0.05) is 42.5 Å². The number of hydrogen-bond acceptors (Lipinski definition) is 6. The average molecular weight is 615 g/mol. The summed E-state index contributed by atoms with van der Waals surface area (Å²) in [5, 5.41) is 9.52. The average Bonchev–Trinajstić information content (AvgIpc) is 3.29. The van der Waals surface area contributed by atoms with Crippen molar-refractivity contribution in [2.75, 3.05) is 54.0 Å². The predicted molar refractivity (Wildman–Crippen MR) is 177 cm³/mol. The van der Waals surface area contributed by atoms with Gasteiger partial charge in [0, 0.05) is 61.1 Å². The Hall–Kier alpha value is -3.56. The van der Waals surface area contributed by atoms with Crippen molar-refractivity contribution in [2.45, 2.75) is 49.1 Å². The number of likely N-dealkylation sites (tertiary alicyclic amines) is 1. The first kappa shape index (κ1) is 30.5. The highest BCUT2D eigenvalue weighted by atomic mass is 32.2. The van der Waals surface area contributed by atoms with Crippen LogP contribution in [0.15, 0.2) is 78.9 Å². The van der Waals surface area contributed by atoms with Gasteiger partial charge in [0.1, 0.15) is 6.04 Å². The van der Waals surface area contributed by atoms with E-state index in [0.717, 1.165) is 30.2 Å². The second-order valence-corrected chi connectivity index (χ2v) is 14.0. The van der Waals surface area contributed by atoms with Crippen LogP contribution in [0.3, 0.4) is 0 Å². The summed E-state index contributed by atoms with van der Waals surface area (Å²) in [6.07, 6.45) is 9.30. The smallest absolute Gasteiger partial charge is 0.251 e. The summed E-state index contributed by atoms with van der Waals surface area (Å²) < 4.78 is -1.57. The van der Waals surface area contributed by atoms with E-state index in [2.05, 4.69) is 30.9 Å². The van der Waals surface area contributed by atoms with Crippen LogP contribution >= 0.6 is 11.8 Å². The number of carbonyl (C=O) groups excluding carboxylic acids is 3. The number of benzene rings is 2. The Morgan fingerprint density at radius 3 is 2.11 bits per heavy atom. The van der Waals surface area contributed by atoms with E-state index >= 15 is 0 Å². The van der Waals surface area contributed by atoms with Crippen molar-refractivity contribution in [1.82, 2.24) is 4.90 Å². The van der Waals surface area contributed by atoms with E-state index in [4.69, 9.17) is 0 Å². The van der Waals surface area contributed by atoms with E-state index in [1.165, 1.54) is 0 Å². The summed E-state index contributed by atoms with van der Waals surface area (Å²) in [6.45, 7) is 9.26. The number of hydrogen-bond donors (Lipinski definition) is 1. The Bertz CT molecular complexity index is 1460. The number of nitrogens with zero attached hydrogens (tertiary/aromatic N) is 4. The van der Waals surface area contributed by atoms with E-state index in [0.29, 0.717) is 32.5 Å². The van der Waals surface area contributed by atoms with E-state index in [1.54, 1.807) is 26.5 Å². The zero-order valence-electron chi connectivity index (χ0n) is 25.8. The summed E-state index contributed by atoms with van der Waals surface area (Å²) in [5.41, 5.74) is 2.68. The highest BCUT2D eigenvalue weighted by Crippen LogP contribution is 2.65.